The Bertz CT molecular complexity index is 447. The molecule has 1 aromatic heterocycles. The maximum Gasteiger partial charge on any atom is 0.219 e. The molecular weight excluding hydrogens is 256 g/mol. The van der Waals surface area contributed by atoms with E-state index in [1.165, 1.54) is 15.3 Å². The highest BCUT2D eigenvalue weighted by atomic mass is 32.1. The average Bonchev–Trinajstić information content (AvgIpc) is 2.69. The largest absolute Gasteiger partial charge is 0.343 e. The third-order valence-electron chi connectivity index (χ3n) is 3.97. The van der Waals surface area contributed by atoms with Crippen molar-refractivity contribution in [2.24, 2.45) is 0 Å². The number of carbonyl (C=O) groups is 1. The minimum Gasteiger partial charge on any atom is -0.343 e. The minimum absolute atomic E-state index is 0.204. The number of aryl methyl sites for hydroxylation is 2. The molecule has 0 bridgehead atoms. The zero-order chi connectivity index (χ0) is 14.0. The molecule has 1 amide bonds. The highest BCUT2D eigenvalue weighted by Gasteiger charge is 2.22. The molecule has 2 rings (SSSR count). The summed E-state index contributed by atoms with van der Waals surface area (Å²) in [5, 5.41) is 3.72. The van der Waals surface area contributed by atoms with Gasteiger partial charge in [-0.15, -0.1) is 11.3 Å². The van der Waals surface area contributed by atoms with Crippen LogP contribution in [0.25, 0.3) is 0 Å². The van der Waals surface area contributed by atoms with Crippen LogP contribution in [-0.4, -0.2) is 29.9 Å². The smallest absolute Gasteiger partial charge is 0.219 e. The molecule has 19 heavy (non-hydrogen) atoms. The van der Waals surface area contributed by atoms with Crippen molar-refractivity contribution in [3.63, 3.8) is 0 Å². The number of piperidine rings is 1. The number of rotatable bonds is 3. The van der Waals surface area contributed by atoms with Crippen LogP contribution in [-0.2, 0) is 4.79 Å². The molecule has 0 aliphatic carbocycles. The van der Waals surface area contributed by atoms with Crippen molar-refractivity contribution in [1.29, 1.82) is 0 Å². The second-order valence-corrected chi connectivity index (χ2v) is 7.00. The Balaban J connectivity index is 1.89. The fourth-order valence-corrected chi connectivity index (χ4v) is 3.91. The van der Waals surface area contributed by atoms with Gasteiger partial charge in [-0.3, -0.25) is 4.79 Å². The summed E-state index contributed by atoms with van der Waals surface area (Å²) < 4.78 is 0. The average molecular weight is 280 g/mol. The quantitative estimate of drug-likeness (QED) is 0.923. The zero-order valence-electron chi connectivity index (χ0n) is 12.3. The summed E-state index contributed by atoms with van der Waals surface area (Å²) in [5.41, 5.74) is 1.43. The molecule has 2 heterocycles. The molecule has 1 aliphatic heterocycles. The van der Waals surface area contributed by atoms with Crippen molar-refractivity contribution < 1.29 is 4.79 Å². The summed E-state index contributed by atoms with van der Waals surface area (Å²) in [4.78, 5) is 16.0. The third kappa shape index (κ3) is 3.57. The summed E-state index contributed by atoms with van der Waals surface area (Å²) in [7, 11) is 0. The number of nitrogens with zero attached hydrogens (tertiary/aromatic N) is 1. The molecule has 3 nitrogen and oxygen atoms in total. The Morgan fingerprint density at radius 3 is 2.53 bits per heavy atom. The zero-order valence-corrected chi connectivity index (χ0v) is 13.1. The van der Waals surface area contributed by atoms with Crippen molar-refractivity contribution in [2.45, 2.75) is 52.6 Å². The van der Waals surface area contributed by atoms with Gasteiger partial charge in [0.25, 0.3) is 0 Å². The van der Waals surface area contributed by atoms with E-state index < -0.39 is 0 Å². The van der Waals surface area contributed by atoms with Crippen molar-refractivity contribution in [1.82, 2.24) is 10.2 Å². The lowest BCUT2D eigenvalue weighted by Gasteiger charge is -2.33. The van der Waals surface area contributed by atoms with E-state index in [-0.39, 0.29) is 5.91 Å². The van der Waals surface area contributed by atoms with Crippen LogP contribution >= 0.6 is 11.3 Å². The van der Waals surface area contributed by atoms with Gasteiger partial charge in [0.2, 0.25) is 5.91 Å². The number of nitrogens with one attached hydrogen (secondary N) is 1. The number of likely N-dealkylation sites (tertiary alicyclic amines) is 1. The monoisotopic (exact) mass is 280 g/mol. The van der Waals surface area contributed by atoms with Crippen LogP contribution in [0.15, 0.2) is 6.07 Å². The number of hydrogen-bond acceptors (Lipinski definition) is 3. The van der Waals surface area contributed by atoms with E-state index in [1.807, 2.05) is 16.2 Å². The lowest BCUT2D eigenvalue weighted by molar-refractivity contribution is -0.129. The minimum atomic E-state index is 0.204. The van der Waals surface area contributed by atoms with E-state index in [0.717, 1.165) is 25.9 Å². The van der Waals surface area contributed by atoms with Crippen LogP contribution in [0.5, 0.6) is 0 Å². The molecule has 1 N–H and O–H groups in total. The second kappa shape index (κ2) is 6.06. The van der Waals surface area contributed by atoms with Gasteiger partial charge in [-0.25, -0.2) is 0 Å². The lowest BCUT2D eigenvalue weighted by Crippen LogP contribution is -2.44. The van der Waals surface area contributed by atoms with Gasteiger partial charge in [-0.1, -0.05) is 0 Å². The molecule has 0 aromatic carbocycles. The first-order valence-electron chi connectivity index (χ1n) is 7.06. The second-order valence-electron chi connectivity index (χ2n) is 5.54. The summed E-state index contributed by atoms with van der Waals surface area (Å²) in [5.74, 6) is 0.204. The van der Waals surface area contributed by atoms with Crippen molar-refractivity contribution >= 4 is 17.2 Å². The number of carbonyl (C=O) groups excluding carboxylic acids is 1. The molecule has 0 unspecified atom stereocenters. The Morgan fingerprint density at radius 2 is 2.05 bits per heavy atom. The maximum absolute atomic E-state index is 11.3. The van der Waals surface area contributed by atoms with E-state index in [9.17, 15) is 4.79 Å². The Labute approximate surface area is 120 Å². The fraction of sp³-hybridized carbons (Fsp3) is 0.667. The summed E-state index contributed by atoms with van der Waals surface area (Å²) in [6.45, 7) is 10.0. The van der Waals surface area contributed by atoms with Crippen LogP contribution < -0.4 is 5.32 Å². The van der Waals surface area contributed by atoms with E-state index >= 15 is 0 Å². The SMILES string of the molecule is CC(=O)N1CCC(N[C@H](C)c2cc(C)sc2C)CC1. The predicted molar refractivity (Wildman–Crippen MR) is 80.6 cm³/mol. The van der Waals surface area contributed by atoms with Crippen LogP contribution in [0.3, 0.4) is 0 Å². The van der Waals surface area contributed by atoms with Crippen molar-refractivity contribution in [3.05, 3.63) is 21.4 Å². The first-order chi connectivity index (χ1) is 8.97. The molecule has 0 saturated carbocycles. The van der Waals surface area contributed by atoms with Gasteiger partial charge in [0.15, 0.2) is 0 Å². The number of thiophene rings is 1. The fourth-order valence-electron chi connectivity index (χ4n) is 2.88. The Hall–Kier alpha value is -0.870. The van der Waals surface area contributed by atoms with Gasteiger partial charge in [-0.2, -0.15) is 0 Å². The molecule has 0 radical (unpaired) electrons. The highest BCUT2D eigenvalue weighted by molar-refractivity contribution is 7.12. The first-order valence-corrected chi connectivity index (χ1v) is 7.87. The molecule has 106 valence electrons. The molecule has 4 heteroatoms. The van der Waals surface area contributed by atoms with Crippen LogP contribution in [0, 0.1) is 13.8 Å². The number of hydrogen-bond donors (Lipinski definition) is 1. The van der Waals surface area contributed by atoms with Crippen molar-refractivity contribution in [3.8, 4) is 0 Å². The first kappa shape index (κ1) is 14.5. The van der Waals surface area contributed by atoms with E-state index in [1.54, 1.807) is 6.92 Å². The van der Waals surface area contributed by atoms with Crippen LogP contribution in [0.4, 0.5) is 0 Å². The van der Waals surface area contributed by atoms with Crippen molar-refractivity contribution in [2.75, 3.05) is 13.1 Å². The molecule has 0 spiro atoms. The van der Waals surface area contributed by atoms with E-state index in [0.29, 0.717) is 12.1 Å². The van der Waals surface area contributed by atoms with Gasteiger partial charge in [-0.05, 0) is 45.2 Å². The van der Waals surface area contributed by atoms with Gasteiger partial charge in [0.1, 0.15) is 0 Å². The van der Waals surface area contributed by atoms with E-state index in [2.05, 4.69) is 32.2 Å². The predicted octanol–water partition coefficient (Wildman–Crippen LogP) is 3.03. The summed E-state index contributed by atoms with van der Waals surface area (Å²) in [6.07, 6.45) is 2.12. The summed E-state index contributed by atoms with van der Waals surface area (Å²) >= 11 is 1.87. The molecule has 1 aliphatic rings. The molecule has 1 aromatic rings. The molecular formula is C15H24N2OS. The molecule has 1 saturated heterocycles. The molecule has 1 atom stereocenters. The van der Waals surface area contributed by atoms with Gasteiger partial charge < -0.3 is 10.2 Å². The van der Waals surface area contributed by atoms with Gasteiger partial charge in [0.05, 0.1) is 0 Å². The lowest BCUT2D eigenvalue weighted by atomic mass is 10.0. The Kier molecular flexibility index (Phi) is 4.63. The van der Waals surface area contributed by atoms with Crippen LogP contribution in [0.2, 0.25) is 0 Å². The normalized spacial score (nSPS) is 18.6. The highest BCUT2D eigenvalue weighted by Crippen LogP contribution is 2.27. The standard InChI is InChI=1S/C15H24N2OS/c1-10-9-15(12(3)19-10)11(2)16-14-5-7-17(8-6-14)13(4)18/h9,11,14,16H,5-8H2,1-4H3/t11-/m1/s1. The Morgan fingerprint density at radius 1 is 1.42 bits per heavy atom. The number of amides is 1. The van der Waals surface area contributed by atoms with E-state index in [4.69, 9.17) is 0 Å². The molecule has 1 fully saturated rings. The third-order valence-corrected chi connectivity index (χ3v) is 4.95. The topological polar surface area (TPSA) is 32.3 Å². The van der Waals surface area contributed by atoms with Gasteiger partial charge >= 0.3 is 0 Å². The van der Waals surface area contributed by atoms with Gasteiger partial charge in [0, 0.05) is 41.9 Å². The summed E-state index contributed by atoms with van der Waals surface area (Å²) in [6, 6.07) is 3.23. The van der Waals surface area contributed by atoms with Crippen LogP contribution in [0.1, 0.15) is 48.0 Å². The maximum atomic E-state index is 11.3.